The van der Waals surface area contributed by atoms with E-state index in [0.29, 0.717) is 10.9 Å². The number of nitrogen functional groups attached to an aromatic ring is 1. The van der Waals surface area contributed by atoms with Gasteiger partial charge in [-0.15, -0.1) is 0 Å². The van der Waals surface area contributed by atoms with E-state index in [1.54, 1.807) is 13.1 Å². The Morgan fingerprint density at radius 3 is 2.58 bits per heavy atom. The standard InChI is InChI=1S/C15H21ClN4O6/c1-5-3-20(12-7(5)11(16)18-14(17)19-12)13-15(2,25)10(24)9(23)8(22)6(4-21)26-13/h3,6,8-10,13,21-25H,4H2,1-2H3,(H2,17,18,19)/t6-,8-,9+,10-,13-,15-/m1/s1. The van der Waals surface area contributed by atoms with Crippen LogP contribution in [0.15, 0.2) is 6.20 Å². The van der Waals surface area contributed by atoms with Crippen molar-refractivity contribution in [1.29, 1.82) is 0 Å². The number of nitrogens with zero attached hydrogens (tertiary/aromatic N) is 3. The van der Waals surface area contributed by atoms with Gasteiger partial charge in [0.1, 0.15) is 40.8 Å². The maximum absolute atomic E-state index is 10.9. The summed E-state index contributed by atoms with van der Waals surface area (Å²) in [5, 5.41) is 51.6. The number of aromatic nitrogens is 3. The van der Waals surface area contributed by atoms with E-state index in [9.17, 15) is 25.5 Å². The lowest BCUT2D eigenvalue weighted by Crippen LogP contribution is -2.53. The minimum Gasteiger partial charge on any atom is -0.394 e. The Labute approximate surface area is 153 Å². The molecule has 10 nitrogen and oxygen atoms in total. The number of aryl methyl sites for hydroxylation is 1. The maximum atomic E-state index is 10.9. The number of aliphatic hydroxyl groups excluding tert-OH is 4. The van der Waals surface area contributed by atoms with Crippen LogP contribution < -0.4 is 5.73 Å². The predicted molar refractivity (Wildman–Crippen MR) is 91.3 cm³/mol. The van der Waals surface area contributed by atoms with E-state index in [4.69, 9.17) is 22.1 Å². The van der Waals surface area contributed by atoms with Crippen molar-refractivity contribution in [2.24, 2.45) is 0 Å². The van der Waals surface area contributed by atoms with Crippen molar-refractivity contribution >= 4 is 28.6 Å². The second-order valence-electron chi connectivity index (χ2n) is 6.65. The van der Waals surface area contributed by atoms with Crippen molar-refractivity contribution in [2.45, 2.75) is 50.1 Å². The minimum absolute atomic E-state index is 0.102. The summed E-state index contributed by atoms with van der Waals surface area (Å²) in [5.74, 6) is -0.102. The Kier molecular flexibility index (Phi) is 4.86. The molecule has 0 saturated carbocycles. The lowest BCUT2D eigenvalue weighted by Gasteiger charge is -2.36. The molecule has 0 amide bonds. The fourth-order valence-corrected chi connectivity index (χ4v) is 3.58. The van der Waals surface area contributed by atoms with Crippen LogP contribution in [0, 0.1) is 6.92 Å². The SMILES string of the molecule is Cc1cn([C@@H]2O[C@H](CO)[C@@H](O)[C@H](O)[C@@H](O)[C@@]2(C)O)c2nc(N)nc(Cl)c12. The molecule has 1 fully saturated rings. The summed E-state index contributed by atoms with van der Waals surface area (Å²) in [6.07, 6.45) is -6.13. The van der Waals surface area contributed by atoms with Gasteiger partial charge >= 0.3 is 0 Å². The van der Waals surface area contributed by atoms with E-state index in [0.717, 1.165) is 0 Å². The Hall–Kier alpha value is -1.53. The lowest BCUT2D eigenvalue weighted by molar-refractivity contribution is -0.197. The number of hydrogen-bond donors (Lipinski definition) is 6. The zero-order chi connectivity index (χ0) is 19.4. The maximum Gasteiger partial charge on any atom is 0.223 e. The summed E-state index contributed by atoms with van der Waals surface area (Å²) in [6, 6.07) is 0. The molecule has 2 aromatic heterocycles. The highest BCUT2D eigenvalue weighted by Crippen LogP contribution is 2.39. The highest BCUT2D eigenvalue weighted by Gasteiger charge is 2.52. The van der Waals surface area contributed by atoms with Crippen LogP contribution in [-0.2, 0) is 4.74 Å². The van der Waals surface area contributed by atoms with Gasteiger partial charge in [0.25, 0.3) is 0 Å². The molecule has 1 aliphatic heterocycles. The van der Waals surface area contributed by atoms with Crippen LogP contribution in [0.5, 0.6) is 0 Å². The van der Waals surface area contributed by atoms with Crippen molar-refractivity contribution in [3.63, 3.8) is 0 Å². The Morgan fingerprint density at radius 1 is 1.31 bits per heavy atom. The van der Waals surface area contributed by atoms with Gasteiger partial charge in [-0.3, -0.25) is 0 Å². The van der Waals surface area contributed by atoms with Crippen molar-refractivity contribution in [1.82, 2.24) is 14.5 Å². The average molecular weight is 389 g/mol. The zero-order valence-corrected chi connectivity index (χ0v) is 14.9. The summed E-state index contributed by atoms with van der Waals surface area (Å²) in [7, 11) is 0. The van der Waals surface area contributed by atoms with E-state index >= 15 is 0 Å². The monoisotopic (exact) mass is 388 g/mol. The quantitative estimate of drug-likeness (QED) is 0.342. The van der Waals surface area contributed by atoms with Gasteiger partial charge in [0.2, 0.25) is 5.95 Å². The number of aliphatic hydroxyl groups is 5. The molecule has 0 aromatic carbocycles. The average Bonchev–Trinajstić information content (AvgIpc) is 2.87. The third kappa shape index (κ3) is 2.83. The van der Waals surface area contributed by atoms with E-state index in [-0.39, 0.29) is 16.7 Å². The minimum atomic E-state index is -2.05. The van der Waals surface area contributed by atoms with Crippen LogP contribution in [-0.4, -0.2) is 76.7 Å². The molecule has 0 aliphatic carbocycles. The second-order valence-corrected chi connectivity index (χ2v) is 7.01. The molecule has 1 saturated heterocycles. The summed E-state index contributed by atoms with van der Waals surface area (Å²) in [4.78, 5) is 8.02. The first-order chi connectivity index (χ1) is 12.1. The van der Waals surface area contributed by atoms with Crippen LogP contribution in [0.1, 0.15) is 18.7 Å². The van der Waals surface area contributed by atoms with E-state index in [2.05, 4.69) is 9.97 Å². The van der Waals surface area contributed by atoms with Gasteiger partial charge in [-0.2, -0.15) is 4.98 Å². The van der Waals surface area contributed by atoms with Gasteiger partial charge in [0.05, 0.1) is 12.0 Å². The van der Waals surface area contributed by atoms with Crippen molar-refractivity contribution in [2.75, 3.05) is 12.3 Å². The molecule has 3 rings (SSSR count). The van der Waals surface area contributed by atoms with Crippen LogP contribution in [0.3, 0.4) is 0 Å². The number of rotatable bonds is 2. The summed E-state index contributed by atoms with van der Waals surface area (Å²) in [5.41, 5.74) is 4.51. The lowest BCUT2D eigenvalue weighted by atomic mass is 9.90. The van der Waals surface area contributed by atoms with Crippen LogP contribution in [0.4, 0.5) is 5.95 Å². The summed E-state index contributed by atoms with van der Waals surface area (Å²) in [6.45, 7) is 2.33. The fraction of sp³-hybridized carbons (Fsp3) is 0.600. The molecule has 3 heterocycles. The molecule has 0 radical (unpaired) electrons. The number of halogens is 1. The largest absolute Gasteiger partial charge is 0.394 e. The Balaban J connectivity index is 2.22. The van der Waals surface area contributed by atoms with Gasteiger partial charge in [-0.05, 0) is 19.4 Å². The third-order valence-electron chi connectivity index (χ3n) is 4.72. The van der Waals surface area contributed by atoms with Gasteiger partial charge in [-0.25, -0.2) is 4.98 Å². The molecule has 0 spiro atoms. The summed E-state index contributed by atoms with van der Waals surface area (Å²) >= 11 is 6.14. The highest BCUT2D eigenvalue weighted by atomic mass is 35.5. The number of hydrogen-bond acceptors (Lipinski definition) is 9. The molecule has 0 bridgehead atoms. The number of ether oxygens (including phenoxy) is 1. The fourth-order valence-electron chi connectivity index (χ4n) is 3.26. The molecule has 6 atom stereocenters. The number of nitrogens with two attached hydrogens (primary N) is 1. The molecule has 7 N–H and O–H groups in total. The van der Waals surface area contributed by atoms with E-state index in [1.807, 2.05) is 0 Å². The normalized spacial score (nSPS) is 35.6. The first-order valence-corrected chi connectivity index (χ1v) is 8.30. The van der Waals surface area contributed by atoms with Crippen molar-refractivity contribution < 1.29 is 30.3 Å². The van der Waals surface area contributed by atoms with Crippen LogP contribution in [0.25, 0.3) is 11.0 Å². The second kappa shape index (κ2) is 6.57. The van der Waals surface area contributed by atoms with Crippen molar-refractivity contribution in [3.8, 4) is 0 Å². The summed E-state index contributed by atoms with van der Waals surface area (Å²) < 4.78 is 7.05. The van der Waals surface area contributed by atoms with Gasteiger partial charge in [0, 0.05) is 6.20 Å². The molecule has 11 heteroatoms. The first kappa shape index (κ1) is 19.2. The van der Waals surface area contributed by atoms with E-state index < -0.39 is 42.9 Å². The van der Waals surface area contributed by atoms with Gasteiger partial charge < -0.3 is 40.6 Å². The van der Waals surface area contributed by atoms with Gasteiger partial charge in [-0.1, -0.05) is 11.6 Å². The highest BCUT2D eigenvalue weighted by molar-refractivity contribution is 6.34. The van der Waals surface area contributed by atoms with E-state index in [1.165, 1.54) is 11.5 Å². The first-order valence-electron chi connectivity index (χ1n) is 7.92. The Bertz CT molecular complexity index is 828. The molecular formula is C15H21ClN4O6. The van der Waals surface area contributed by atoms with Gasteiger partial charge in [0.15, 0.2) is 6.23 Å². The predicted octanol–water partition coefficient (Wildman–Crippen LogP) is -1.30. The molecular weight excluding hydrogens is 368 g/mol. The van der Waals surface area contributed by atoms with Crippen LogP contribution >= 0.6 is 11.6 Å². The molecule has 2 aromatic rings. The van der Waals surface area contributed by atoms with Crippen LogP contribution in [0.2, 0.25) is 5.15 Å². The molecule has 0 unspecified atom stereocenters. The topological polar surface area (TPSA) is 167 Å². The zero-order valence-electron chi connectivity index (χ0n) is 14.1. The van der Waals surface area contributed by atoms with Crippen molar-refractivity contribution in [3.05, 3.63) is 16.9 Å². The molecule has 26 heavy (non-hydrogen) atoms. The smallest absolute Gasteiger partial charge is 0.223 e. The molecule has 1 aliphatic rings. The Morgan fingerprint density at radius 2 is 1.96 bits per heavy atom. The number of anilines is 1. The number of fused-ring (bicyclic) bond motifs is 1. The third-order valence-corrected chi connectivity index (χ3v) is 5.00. The molecule has 144 valence electrons.